The summed E-state index contributed by atoms with van der Waals surface area (Å²) in [6.45, 7) is 3.45. The standard InChI is InChI=1S/C15H17N3O2S/c1-10(16)14-17-12(9-21-14)15(19)18-6-7-20-13-5-3-2-4-11(13)8-18/h2-5,9-10H,6-8,16H2,1H3. The van der Waals surface area contributed by atoms with Crippen LogP contribution in [-0.4, -0.2) is 28.9 Å². The van der Waals surface area contributed by atoms with Crippen molar-refractivity contribution in [2.24, 2.45) is 5.73 Å². The number of benzene rings is 1. The molecule has 0 saturated carbocycles. The van der Waals surface area contributed by atoms with Crippen LogP contribution in [-0.2, 0) is 6.54 Å². The van der Waals surface area contributed by atoms with E-state index in [9.17, 15) is 4.79 Å². The van der Waals surface area contributed by atoms with Crippen molar-refractivity contribution in [1.82, 2.24) is 9.88 Å². The fourth-order valence-corrected chi connectivity index (χ4v) is 3.01. The van der Waals surface area contributed by atoms with Crippen LogP contribution in [0, 0.1) is 0 Å². The van der Waals surface area contributed by atoms with E-state index in [1.807, 2.05) is 31.2 Å². The molecule has 2 aromatic rings. The molecule has 1 aromatic heterocycles. The fourth-order valence-electron chi connectivity index (χ4n) is 2.26. The first-order valence-corrected chi connectivity index (χ1v) is 7.74. The Kier molecular flexibility index (Phi) is 3.90. The van der Waals surface area contributed by atoms with Gasteiger partial charge in [0, 0.05) is 17.5 Å². The number of amides is 1. The van der Waals surface area contributed by atoms with Crippen LogP contribution in [0.15, 0.2) is 29.6 Å². The lowest BCUT2D eigenvalue weighted by molar-refractivity contribution is 0.0728. The van der Waals surface area contributed by atoms with Crippen molar-refractivity contribution in [1.29, 1.82) is 0 Å². The number of fused-ring (bicyclic) bond motifs is 1. The van der Waals surface area contributed by atoms with Crippen molar-refractivity contribution in [2.75, 3.05) is 13.2 Å². The molecule has 1 aliphatic heterocycles. The molecule has 1 atom stereocenters. The van der Waals surface area contributed by atoms with E-state index < -0.39 is 0 Å². The predicted molar refractivity (Wildman–Crippen MR) is 81.4 cm³/mol. The summed E-state index contributed by atoms with van der Waals surface area (Å²) in [6.07, 6.45) is 0. The highest BCUT2D eigenvalue weighted by Gasteiger charge is 2.23. The molecule has 0 spiro atoms. The van der Waals surface area contributed by atoms with Gasteiger partial charge in [0.05, 0.1) is 12.6 Å². The summed E-state index contributed by atoms with van der Waals surface area (Å²) >= 11 is 1.43. The Balaban J connectivity index is 1.81. The van der Waals surface area contributed by atoms with Crippen LogP contribution in [0.4, 0.5) is 0 Å². The van der Waals surface area contributed by atoms with Crippen LogP contribution in [0.25, 0.3) is 0 Å². The van der Waals surface area contributed by atoms with E-state index in [1.54, 1.807) is 10.3 Å². The fraction of sp³-hybridized carbons (Fsp3) is 0.333. The normalized spacial score (nSPS) is 15.8. The third-order valence-electron chi connectivity index (χ3n) is 3.37. The van der Waals surface area contributed by atoms with E-state index in [0.717, 1.165) is 16.3 Å². The van der Waals surface area contributed by atoms with Crippen molar-refractivity contribution in [3.05, 3.63) is 45.9 Å². The summed E-state index contributed by atoms with van der Waals surface area (Å²) in [7, 11) is 0. The van der Waals surface area contributed by atoms with Gasteiger partial charge in [-0.15, -0.1) is 11.3 Å². The van der Waals surface area contributed by atoms with Crippen LogP contribution in [0.5, 0.6) is 5.75 Å². The Morgan fingerprint density at radius 2 is 2.29 bits per heavy atom. The van der Waals surface area contributed by atoms with Gasteiger partial charge in [-0.2, -0.15) is 0 Å². The topological polar surface area (TPSA) is 68.5 Å². The van der Waals surface area contributed by atoms with E-state index >= 15 is 0 Å². The number of rotatable bonds is 2. The van der Waals surface area contributed by atoms with Crippen LogP contribution in [0.1, 0.15) is 34.0 Å². The molecule has 21 heavy (non-hydrogen) atoms. The summed E-state index contributed by atoms with van der Waals surface area (Å²) in [5, 5.41) is 2.56. The lowest BCUT2D eigenvalue weighted by atomic mass is 10.2. The largest absolute Gasteiger partial charge is 0.491 e. The second kappa shape index (κ2) is 5.83. The third kappa shape index (κ3) is 2.91. The molecule has 5 nitrogen and oxygen atoms in total. The van der Waals surface area contributed by atoms with E-state index in [0.29, 0.717) is 25.4 Å². The Morgan fingerprint density at radius 1 is 1.48 bits per heavy atom. The molecule has 1 amide bonds. The maximum absolute atomic E-state index is 12.6. The van der Waals surface area contributed by atoms with Crippen LogP contribution in [0.2, 0.25) is 0 Å². The first-order chi connectivity index (χ1) is 10.1. The molecular weight excluding hydrogens is 286 g/mol. The molecule has 2 N–H and O–H groups in total. The summed E-state index contributed by atoms with van der Waals surface area (Å²) < 4.78 is 5.68. The zero-order valence-corrected chi connectivity index (χ0v) is 12.6. The van der Waals surface area contributed by atoms with Crippen molar-refractivity contribution >= 4 is 17.2 Å². The molecule has 0 radical (unpaired) electrons. The van der Waals surface area contributed by atoms with E-state index in [1.165, 1.54) is 11.3 Å². The van der Waals surface area contributed by atoms with Crippen LogP contribution in [0.3, 0.4) is 0 Å². The van der Waals surface area contributed by atoms with Gasteiger partial charge in [0.25, 0.3) is 5.91 Å². The Labute approximate surface area is 127 Å². The highest BCUT2D eigenvalue weighted by molar-refractivity contribution is 7.09. The smallest absolute Gasteiger partial charge is 0.273 e. The Bertz CT molecular complexity index is 654. The number of para-hydroxylation sites is 1. The molecule has 1 aromatic carbocycles. The minimum Gasteiger partial charge on any atom is -0.491 e. The molecule has 110 valence electrons. The second-order valence-corrected chi connectivity index (χ2v) is 5.93. The zero-order valence-electron chi connectivity index (χ0n) is 11.8. The van der Waals surface area contributed by atoms with Gasteiger partial charge in [0.15, 0.2) is 0 Å². The number of hydrogen-bond donors (Lipinski definition) is 1. The molecule has 0 bridgehead atoms. The first kappa shape index (κ1) is 14.0. The Morgan fingerprint density at radius 3 is 3.05 bits per heavy atom. The van der Waals surface area contributed by atoms with E-state index in [-0.39, 0.29) is 11.9 Å². The highest BCUT2D eigenvalue weighted by atomic mass is 32.1. The Hall–Kier alpha value is -1.92. The number of thiazole rings is 1. The van der Waals surface area contributed by atoms with Crippen LogP contribution >= 0.6 is 11.3 Å². The second-order valence-electron chi connectivity index (χ2n) is 5.04. The van der Waals surface area contributed by atoms with Gasteiger partial charge in [-0.05, 0) is 13.0 Å². The van der Waals surface area contributed by atoms with Gasteiger partial charge in [-0.25, -0.2) is 4.98 Å². The predicted octanol–water partition coefficient (Wildman–Crippen LogP) is 2.20. The van der Waals surface area contributed by atoms with Crippen molar-refractivity contribution in [3.63, 3.8) is 0 Å². The molecule has 0 saturated heterocycles. The van der Waals surface area contributed by atoms with Gasteiger partial charge < -0.3 is 15.4 Å². The number of hydrogen-bond acceptors (Lipinski definition) is 5. The first-order valence-electron chi connectivity index (χ1n) is 6.86. The molecule has 2 heterocycles. The lowest BCUT2D eigenvalue weighted by Crippen LogP contribution is -2.32. The lowest BCUT2D eigenvalue weighted by Gasteiger charge is -2.18. The van der Waals surface area contributed by atoms with Gasteiger partial charge in [0.2, 0.25) is 0 Å². The molecule has 1 unspecified atom stereocenters. The van der Waals surface area contributed by atoms with Gasteiger partial charge in [-0.1, -0.05) is 18.2 Å². The van der Waals surface area contributed by atoms with Gasteiger partial charge in [-0.3, -0.25) is 4.79 Å². The number of aromatic nitrogens is 1. The number of nitrogens with zero attached hydrogens (tertiary/aromatic N) is 2. The maximum atomic E-state index is 12.6. The highest BCUT2D eigenvalue weighted by Crippen LogP contribution is 2.24. The average molecular weight is 303 g/mol. The average Bonchev–Trinajstić information content (AvgIpc) is 2.87. The summed E-state index contributed by atoms with van der Waals surface area (Å²) in [6, 6.07) is 7.65. The van der Waals surface area contributed by atoms with Crippen LogP contribution < -0.4 is 10.5 Å². The monoisotopic (exact) mass is 303 g/mol. The minimum absolute atomic E-state index is 0.0709. The zero-order chi connectivity index (χ0) is 14.8. The quantitative estimate of drug-likeness (QED) is 0.923. The van der Waals surface area contributed by atoms with Crippen molar-refractivity contribution < 1.29 is 9.53 Å². The number of ether oxygens (including phenoxy) is 1. The summed E-state index contributed by atoms with van der Waals surface area (Å²) in [4.78, 5) is 18.7. The van der Waals surface area contributed by atoms with Crippen molar-refractivity contribution in [2.45, 2.75) is 19.5 Å². The minimum atomic E-state index is -0.148. The SMILES string of the molecule is CC(N)c1nc(C(=O)N2CCOc3ccccc3C2)cs1. The van der Waals surface area contributed by atoms with Crippen molar-refractivity contribution in [3.8, 4) is 5.75 Å². The number of carbonyl (C=O) groups is 1. The van der Waals surface area contributed by atoms with E-state index in [2.05, 4.69) is 4.98 Å². The molecule has 3 rings (SSSR count). The van der Waals surface area contributed by atoms with Gasteiger partial charge in [0.1, 0.15) is 23.1 Å². The molecule has 1 aliphatic rings. The summed E-state index contributed by atoms with van der Waals surface area (Å²) in [5.41, 5.74) is 7.28. The van der Waals surface area contributed by atoms with Gasteiger partial charge >= 0.3 is 0 Å². The number of nitrogens with two attached hydrogens (primary N) is 1. The molecule has 0 fully saturated rings. The maximum Gasteiger partial charge on any atom is 0.273 e. The summed E-state index contributed by atoms with van der Waals surface area (Å²) in [5.74, 6) is 0.779. The molecule has 6 heteroatoms. The molecular formula is C15H17N3O2S. The number of carbonyl (C=O) groups excluding carboxylic acids is 1. The van der Waals surface area contributed by atoms with E-state index in [4.69, 9.17) is 10.5 Å². The third-order valence-corrected chi connectivity index (χ3v) is 4.42. The molecule has 0 aliphatic carbocycles.